The van der Waals surface area contributed by atoms with Gasteiger partial charge in [0.2, 0.25) is 5.91 Å². The van der Waals surface area contributed by atoms with Crippen molar-refractivity contribution in [3.05, 3.63) is 29.6 Å². The molecule has 5 nitrogen and oxygen atoms in total. The van der Waals surface area contributed by atoms with Crippen LogP contribution in [-0.4, -0.2) is 35.5 Å². The van der Waals surface area contributed by atoms with Gasteiger partial charge in [-0.3, -0.25) is 4.79 Å². The van der Waals surface area contributed by atoms with Gasteiger partial charge in [-0.1, -0.05) is 12.1 Å². The van der Waals surface area contributed by atoms with Crippen LogP contribution in [0.15, 0.2) is 18.2 Å². The zero-order valence-corrected chi connectivity index (χ0v) is 15.6. The van der Waals surface area contributed by atoms with Crippen LogP contribution < -0.4 is 10.6 Å². The number of nitrogens with zero attached hydrogens (tertiary/aromatic N) is 1. The Morgan fingerprint density at radius 1 is 1.38 bits per heavy atom. The van der Waals surface area contributed by atoms with Crippen LogP contribution in [0.2, 0.25) is 0 Å². The molecule has 24 heavy (non-hydrogen) atoms. The number of nitrogens with one attached hydrogen (secondary N) is 3. The number of amides is 1. The fraction of sp³-hybridized carbons (Fsp3) is 0.529. The van der Waals surface area contributed by atoms with Crippen molar-refractivity contribution in [2.75, 3.05) is 19.6 Å². The van der Waals surface area contributed by atoms with Crippen molar-refractivity contribution in [3.8, 4) is 0 Å². The monoisotopic (exact) mass is 372 g/mol. The molecule has 2 aromatic rings. The predicted molar refractivity (Wildman–Crippen MR) is 102 cm³/mol. The molecule has 0 saturated carbocycles. The molecule has 7 heteroatoms. The van der Waals surface area contributed by atoms with Gasteiger partial charge in [-0.25, -0.2) is 4.98 Å². The predicted octanol–water partition coefficient (Wildman–Crippen LogP) is 2.76. The minimum atomic E-state index is 0. The average Bonchev–Trinajstić information content (AvgIpc) is 2.96. The van der Waals surface area contributed by atoms with Crippen LogP contribution in [0.4, 0.5) is 0 Å². The summed E-state index contributed by atoms with van der Waals surface area (Å²) >= 11 is 0. The van der Waals surface area contributed by atoms with E-state index in [1.165, 1.54) is 12.8 Å². The van der Waals surface area contributed by atoms with Crippen molar-refractivity contribution in [2.45, 2.75) is 32.6 Å². The topological polar surface area (TPSA) is 69.8 Å². The summed E-state index contributed by atoms with van der Waals surface area (Å²) in [5.74, 6) is 1.58. The van der Waals surface area contributed by atoms with E-state index in [2.05, 4.69) is 33.6 Å². The quantitative estimate of drug-likeness (QED) is 0.755. The molecule has 1 fully saturated rings. The van der Waals surface area contributed by atoms with Crippen LogP contribution in [0.1, 0.15) is 30.7 Å². The number of carbonyl (C=O) groups is 1. The Kier molecular flexibility index (Phi) is 8.53. The summed E-state index contributed by atoms with van der Waals surface area (Å²) in [4.78, 5) is 19.9. The highest BCUT2D eigenvalue weighted by atomic mass is 35.5. The first-order valence-corrected chi connectivity index (χ1v) is 8.14. The largest absolute Gasteiger partial charge is 0.356 e. The van der Waals surface area contributed by atoms with Gasteiger partial charge < -0.3 is 15.6 Å². The van der Waals surface area contributed by atoms with E-state index in [4.69, 9.17) is 0 Å². The van der Waals surface area contributed by atoms with E-state index in [9.17, 15) is 4.79 Å². The number of aryl methyl sites for hydroxylation is 2. The third kappa shape index (κ3) is 5.36. The summed E-state index contributed by atoms with van der Waals surface area (Å²) in [5, 5.41) is 6.42. The Morgan fingerprint density at radius 3 is 2.92 bits per heavy atom. The normalized spacial score (nSPS) is 17.0. The second-order valence-electron chi connectivity index (χ2n) is 6.17. The highest BCUT2D eigenvalue weighted by Gasteiger charge is 2.14. The summed E-state index contributed by atoms with van der Waals surface area (Å²) in [6.07, 6.45) is 3.55. The van der Waals surface area contributed by atoms with Gasteiger partial charge in [-0.2, -0.15) is 0 Å². The Morgan fingerprint density at radius 2 is 2.21 bits per heavy atom. The number of halogens is 2. The fourth-order valence-electron chi connectivity index (χ4n) is 3.02. The van der Waals surface area contributed by atoms with Crippen LogP contribution >= 0.6 is 24.8 Å². The number of hydrogen-bond donors (Lipinski definition) is 3. The molecule has 1 unspecified atom stereocenters. The minimum Gasteiger partial charge on any atom is -0.356 e. The molecule has 1 aromatic heterocycles. The van der Waals surface area contributed by atoms with Gasteiger partial charge in [0.25, 0.3) is 0 Å². The minimum absolute atomic E-state index is 0. The van der Waals surface area contributed by atoms with E-state index in [1.54, 1.807) is 0 Å². The van der Waals surface area contributed by atoms with E-state index in [1.807, 2.05) is 12.1 Å². The number of hydrogen-bond acceptors (Lipinski definition) is 3. The smallest absolute Gasteiger partial charge is 0.220 e. The number of imidazole rings is 1. The lowest BCUT2D eigenvalue weighted by atomic mass is 10.00. The fourth-order valence-corrected chi connectivity index (χ4v) is 3.02. The van der Waals surface area contributed by atoms with Crippen molar-refractivity contribution < 1.29 is 4.79 Å². The highest BCUT2D eigenvalue weighted by molar-refractivity contribution is 5.85. The first-order valence-electron chi connectivity index (χ1n) is 8.14. The summed E-state index contributed by atoms with van der Waals surface area (Å²) in [5.41, 5.74) is 3.21. The molecule has 1 aliphatic rings. The number of fused-ring (bicyclic) bond motifs is 1. The first-order chi connectivity index (χ1) is 10.7. The maximum absolute atomic E-state index is 12.0. The molecule has 1 saturated heterocycles. The van der Waals surface area contributed by atoms with Gasteiger partial charge in [0, 0.05) is 19.4 Å². The molecule has 1 aromatic carbocycles. The van der Waals surface area contributed by atoms with Gasteiger partial charge in [0.05, 0.1) is 11.0 Å². The van der Waals surface area contributed by atoms with Crippen molar-refractivity contribution in [3.63, 3.8) is 0 Å². The number of benzene rings is 1. The summed E-state index contributed by atoms with van der Waals surface area (Å²) in [6, 6.07) is 6.09. The molecule has 1 aliphatic heterocycles. The number of aromatic nitrogens is 2. The van der Waals surface area contributed by atoms with Gasteiger partial charge in [-0.15, -0.1) is 24.8 Å². The second kappa shape index (κ2) is 9.87. The molecule has 0 radical (unpaired) electrons. The average molecular weight is 373 g/mol. The molecule has 134 valence electrons. The maximum Gasteiger partial charge on any atom is 0.220 e. The summed E-state index contributed by atoms with van der Waals surface area (Å²) < 4.78 is 0. The zero-order chi connectivity index (χ0) is 15.4. The van der Waals surface area contributed by atoms with Crippen LogP contribution in [0.25, 0.3) is 11.0 Å². The molecule has 1 atom stereocenters. The van der Waals surface area contributed by atoms with Gasteiger partial charge in [-0.05, 0) is 50.4 Å². The van der Waals surface area contributed by atoms with Crippen molar-refractivity contribution in [1.82, 2.24) is 20.6 Å². The summed E-state index contributed by atoms with van der Waals surface area (Å²) in [7, 11) is 0. The van der Waals surface area contributed by atoms with Crippen LogP contribution in [-0.2, 0) is 11.2 Å². The molecule has 2 heterocycles. The Bertz CT molecular complexity index is 653. The standard InChI is InChI=1S/C17H24N4O.2ClH/c1-12-4-2-6-14-17(12)21-15(20-14)7-8-16(22)19-11-13-5-3-9-18-10-13;;/h2,4,6,13,18H,3,5,7-11H2,1H3,(H,19,22)(H,20,21);2*1H. The van der Waals surface area contributed by atoms with Gasteiger partial charge in [0.1, 0.15) is 5.82 Å². The van der Waals surface area contributed by atoms with Crippen LogP contribution in [0.3, 0.4) is 0 Å². The third-order valence-electron chi connectivity index (χ3n) is 4.34. The van der Waals surface area contributed by atoms with Gasteiger partial charge >= 0.3 is 0 Å². The van der Waals surface area contributed by atoms with E-state index in [0.29, 0.717) is 18.8 Å². The van der Waals surface area contributed by atoms with Crippen molar-refractivity contribution in [2.24, 2.45) is 5.92 Å². The van der Waals surface area contributed by atoms with Crippen LogP contribution in [0.5, 0.6) is 0 Å². The Hall–Kier alpha value is -1.30. The molecular formula is C17H26Cl2N4O. The third-order valence-corrected chi connectivity index (χ3v) is 4.34. The van der Waals surface area contributed by atoms with Crippen LogP contribution in [0, 0.1) is 12.8 Å². The first kappa shape index (κ1) is 20.7. The number of H-pyrrole nitrogens is 1. The maximum atomic E-state index is 12.0. The number of piperidine rings is 1. The van der Waals surface area contributed by atoms with E-state index in [-0.39, 0.29) is 30.7 Å². The SMILES string of the molecule is Cc1cccc2[nH]c(CCC(=O)NCC3CCCNC3)nc12.Cl.Cl. The van der Waals surface area contributed by atoms with E-state index >= 15 is 0 Å². The molecule has 1 amide bonds. The number of aromatic amines is 1. The summed E-state index contributed by atoms with van der Waals surface area (Å²) in [6.45, 7) is 4.96. The lowest BCUT2D eigenvalue weighted by molar-refractivity contribution is -0.121. The Balaban J connectivity index is 0.00000144. The number of para-hydroxylation sites is 1. The van der Waals surface area contributed by atoms with Crippen molar-refractivity contribution >= 4 is 41.8 Å². The molecule has 3 N–H and O–H groups in total. The lowest BCUT2D eigenvalue weighted by Gasteiger charge is -2.22. The van der Waals surface area contributed by atoms with E-state index < -0.39 is 0 Å². The molecular weight excluding hydrogens is 347 g/mol. The Labute approximate surface area is 155 Å². The zero-order valence-electron chi connectivity index (χ0n) is 13.9. The highest BCUT2D eigenvalue weighted by Crippen LogP contribution is 2.16. The molecule has 0 bridgehead atoms. The molecule has 0 aliphatic carbocycles. The van der Waals surface area contributed by atoms with E-state index in [0.717, 1.165) is 42.1 Å². The second-order valence-corrected chi connectivity index (χ2v) is 6.17. The van der Waals surface area contributed by atoms with Crippen molar-refractivity contribution in [1.29, 1.82) is 0 Å². The molecule has 0 spiro atoms. The lowest BCUT2D eigenvalue weighted by Crippen LogP contribution is -2.38. The number of rotatable bonds is 5. The van der Waals surface area contributed by atoms with Gasteiger partial charge in [0.15, 0.2) is 0 Å². The molecule has 3 rings (SSSR count). The number of carbonyl (C=O) groups excluding carboxylic acids is 1.